The SMILES string of the molecule is CCCCCCCC/C=C/C/C=C/C=C/C(O)CCCC(=O)O[C@H](COC(=O)CCCCCCCCCCCCCCCCC(C)C)COP(=O)(O)OP(=O)(O)OC[C@H]1O[C@@H](n2ccc(N)nc2=O)[C@H](O)[C@@H]1O. The second-order valence-electron chi connectivity index (χ2n) is 19.4. The Hall–Kier alpha value is -3.06. The van der Waals surface area contributed by atoms with Crippen molar-refractivity contribution in [2.75, 3.05) is 25.6 Å². The van der Waals surface area contributed by atoms with Crippen molar-refractivity contribution in [3.8, 4) is 0 Å². The number of rotatable bonds is 44. The highest BCUT2D eigenvalue weighted by Gasteiger charge is 2.46. The van der Waals surface area contributed by atoms with Crippen molar-refractivity contribution >= 4 is 33.4 Å². The third kappa shape index (κ3) is 32.9. The van der Waals surface area contributed by atoms with Crippen molar-refractivity contribution in [1.82, 2.24) is 9.55 Å². The highest BCUT2D eigenvalue weighted by atomic mass is 31.3. The normalized spacial score (nSPS) is 19.7. The minimum absolute atomic E-state index is 0.0902. The van der Waals surface area contributed by atoms with E-state index in [1.807, 2.05) is 12.2 Å². The highest BCUT2D eigenvalue weighted by Crippen LogP contribution is 2.60. The number of nitrogen functional groups attached to an aromatic ring is 1. The van der Waals surface area contributed by atoms with Crippen LogP contribution in [0.15, 0.2) is 53.5 Å². The van der Waals surface area contributed by atoms with Crippen LogP contribution in [0, 0.1) is 5.92 Å². The molecule has 1 fully saturated rings. The minimum atomic E-state index is -5.47. The van der Waals surface area contributed by atoms with E-state index in [0.717, 1.165) is 55.2 Å². The van der Waals surface area contributed by atoms with Gasteiger partial charge in [0.2, 0.25) is 0 Å². The first-order chi connectivity index (χ1) is 34.9. The number of hydrogen-bond donors (Lipinski definition) is 6. The van der Waals surface area contributed by atoms with Gasteiger partial charge in [0.05, 0.1) is 19.3 Å². The van der Waals surface area contributed by atoms with Crippen molar-refractivity contribution in [2.24, 2.45) is 5.92 Å². The molecule has 0 aliphatic carbocycles. The number of ether oxygens (including phenoxy) is 3. The summed E-state index contributed by atoms with van der Waals surface area (Å²) < 4.78 is 56.7. The van der Waals surface area contributed by atoms with E-state index in [-0.39, 0.29) is 31.5 Å². The molecule has 1 saturated heterocycles. The van der Waals surface area contributed by atoms with Gasteiger partial charge in [-0.2, -0.15) is 9.29 Å². The van der Waals surface area contributed by atoms with Crippen molar-refractivity contribution < 1.29 is 71.4 Å². The van der Waals surface area contributed by atoms with Crippen LogP contribution in [-0.4, -0.2) is 96.9 Å². The van der Waals surface area contributed by atoms with Gasteiger partial charge in [0, 0.05) is 19.0 Å². The molecule has 0 bridgehead atoms. The van der Waals surface area contributed by atoms with Crippen LogP contribution in [0.25, 0.3) is 0 Å². The van der Waals surface area contributed by atoms with Crippen LogP contribution in [0.5, 0.6) is 0 Å². The molecule has 1 aliphatic heterocycles. The number of phosphoric acid groups is 2. The maximum Gasteiger partial charge on any atom is 0.481 e. The van der Waals surface area contributed by atoms with E-state index < -0.39 is 89.8 Å². The maximum atomic E-state index is 12.9. The predicted octanol–water partition coefficient (Wildman–Crippen LogP) is 10.4. The van der Waals surface area contributed by atoms with Gasteiger partial charge in [-0.15, -0.1) is 0 Å². The number of unbranched alkanes of at least 4 members (excludes halogenated alkanes) is 19. The molecule has 2 rings (SSSR count). The van der Waals surface area contributed by atoms with E-state index in [9.17, 15) is 48.6 Å². The Labute approximate surface area is 434 Å². The number of nitrogens with zero attached hydrogens (tertiary/aromatic N) is 2. The predicted molar refractivity (Wildman–Crippen MR) is 281 cm³/mol. The Morgan fingerprint density at radius 1 is 0.753 bits per heavy atom. The fourth-order valence-electron chi connectivity index (χ4n) is 8.04. The molecule has 0 radical (unpaired) electrons. The first-order valence-corrected chi connectivity index (χ1v) is 30.0. The van der Waals surface area contributed by atoms with Crippen LogP contribution in [0.4, 0.5) is 5.82 Å². The molecule has 7 N–H and O–H groups in total. The molecule has 0 amide bonds. The monoisotopic (exact) mass is 1080 g/mol. The summed E-state index contributed by atoms with van der Waals surface area (Å²) in [4.78, 5) is 62.0. The zero-order valence-corrected chi connectivity index (χ0v) is 45.8. The number of phosphoric ester groups is 2. The molecular weight excluding hydrogens is 985 g/mol. The number of esters is 2. The Balaban J connectivity index is 1.83. The lowest BCUT2D eigenvalue weighted by Crippen LogP contribution is -2.36. The van der Waals surface area contributed by atoms with Gasteiger partial charge in [-0.25, -0.2) is 13.9 Å². The zero-order chi connectivity index (χ0) is 53.7. The van der Waals surface area contributed by atoms with Gasteiger partial charge in [0.15, 0.2) is 12.3 Å². The number of anilines is 1. The van der Waals surface area contributed by atoms with E-state index in [1.54, 1.807) is 12.2 Å². The van der Waals surface area contributed by atoms with Crippen molar-refractivity contribution in [3.63, 3.8) is 0 Å². The number of carbonyl (C=O) groups is 2. The van der Waals surface area contributed by atoms with E-state index in [1.165, 1.54) is 109 Å². The molecule has 2 heterocycles. The lowest BCUT2D eigenvalue weighted by atomic mass is 10.0. The Morgan fingerprint density at radius 3 is 1.97 bits per heavy atom. The molecule has 73 heavy (non-hydrogen) atoms. The van der Waals surface area contributed by atoms with Gasteiger partial charge < -0.3 is 45.1 Å². The van der Waals surface area contributed by atoms with Gasteiger partial charge in [-0.1, -0.05) is 179 Å². The van der Waals surface area contributed by atoms with Gasteiger partial charge >= 0.3 is 33.3 Å². The number of aliphatic hydroxyl groups is 3. The summed E-state index contributed by atoms with van der Waals surface area (Å²) in [7, 11) is -10.9. The standard InChI is InChI=1S/C52H91N3O16P2/c1-4-5-6-7-8-9-10-13-17-20-23-26-29-33-43(56)34-31-36-48(58)69-44(39-66-47(57)35-30-27-24-21-18-15-12-11-14-16-19-22-25-28-32-42(2)3)40-67-72(62,63)71-73(64,65)68-41-45-49(59)50(60)51(70-45)55-38-37-46(53)54-52(55)61/h13,17,23,26,29,33,37-38,42-45,49-51,56,59-60H,4-12,14-16,18-22,24-25,27-28,30-32,34-36,39-41H2,1-3H3,(H,62,63)(H,64,65)(H2,53,54,61)/b17-13+,26-23+,33-29+/t43?,44-,45-,49-,50-,51-/m1/s1. The second-order valence-corrected chi connectivity index (χ2v) is 22.5. The van der Waals surface area contributed by atoms with E-state index in [2.05, 4.69) is 42.2 Å². The van der Waals surface area contributed by atoms with Crippen LogP contribution >= 0.6 is 15.6 Å². The Bertz CT molecular complexity index is 1900. The van der Waals surface area contributed by atoms with Crippen LogP contribution in [0.1, 0.15) is 200 Å². The van der Waals surface area contributed by atoms with Gasteiger partial charge in [0.25, 0.3) is 0 Å². The Kier molecular flexibility index (Phi) is 35.6. The molecule has 21 heteroatoms. The van der Waals surface area contributed by atoms with Crippen LogP contribution in [0.2, 0.25) is 0 Å². The zero-order valence-electron chi connectivity index (χ0n) is 44.0. The van der Waals surface area contributed by atoms with E-state index >= 15 is 0 Å². The average molecular weight is 1080 g/mol. The molecular formula is C52H91N3O16P2. The van der Waals surface area contributed by atoms with Crippen molar-refractivity contribution in [2.45, 2.75) is 231 Å². The summed E-state index contributed by atoms with van der Waals surface area (Å²) in [5.74, 6) is -0.706. The molecule has 3 unspecified atom stereocenters. The van der Waals surface area contributed by atoms with Crippen molar-refractivity contribution in [1.29, 1.82) is 0 Å². The number of aliphatic hydroxyl groups excluding tert-OH is 3. The lowest BCUT2D eigenvalue weighted by Gasteiger charge is -2.21. The number of aromatic nitrogens is 2. The molecule has 19 nitrogen and oxygen atoms in total. The number of nitrogens with two attached hydrogens (primary N) is 1. The van der Waals surface area contributed by atoms with Gasteiger partial charge in [-0.05, 0) is 50.5 Å². The Morgan fingerprint density at radius 2 is 1.34 bits per heavy atom. The van der Waals surface area contributed by atoms with Crippen molar-refractivity contribution in [3.05, 3.63) is 59.2 Å². The average Bonchev–Trinajstić information content (AvgIpc) is 3.61. The third-order valence-electron chi connectivity index (χ3n) is 12.3. The van der Waals surface area contributed by atoms with E-state index in [0.29, 0.717) is 6.42 Å². The molecule has 1 aliphatic rings. The molecule has 1 aromatic rings. The summed E-state index contributed by atoms with van der Waals surface area (Å²) in [6.07, 6.45) is 31.1. The largest absolute Gasteiger partial charge is 0.481 e. The van der Waals surface area contributed by atoms with Gasteiger partial charge in [0.1, 0.15) is 30.7 Å². The first kappa shape index (κ1) is 66.1. The molecule has 0 spiro atoms. The van der Waals surface area contributed by atoms with Crippen LogP contribution in [0.3, 0.4) is 0 Å². The molecule has 8 atom stereocenters. The summed E-state index contributed by atoms with van der Waals surface area (Å²) in [5.41, 5.74) is 4.58. The molecule has 0 saturated carbocycles. The van der Waals surface area contributed by atoms with Crippen LogP contribution < -0.4 is 11.4 Å². The molecule has 0 aromatic carbocycles. The molecule has 420 valence electrons. The third-order valence-corrected chi connectivity index (χ3v) is 14.9. The summed E-state index contributed by atoms with van der Waals surface area (Å²) in [5, 5.41) is 31.3. The lowest BCUT2D eigenvalue weighted by molar-refractivity contribution is -0.161. The number of carbonyl (C=O) groups excluding carboxylic acids is 2. The minimum Gasteiger partial charge on any atom is -0.462 e. The topological polar surface area (TPSA) is 286 Å². The summed E-state index contributed by atoms with van der Waals surface area (Å²) in [6.45, 7) is 4.31. The van der Waals surface area contributed by atoms with Gasteiger partial charge in [-0.3, -0.25) is 23.2 Å². The van der Waals surface area contributed by atoms with Crippen LogP contribution in [-0.2, 0) is 46.3 Å². The highest BCUT2D eigenvalue weighted by molar-refractivity contribution is 7.61. The fraction of sp³-hybridized carbons (Fsp3) is 0.769. The smallest absolute Gasteiger partial charge is 0.462 e. The number of hydrogen-bond acceptors (Lipinski definition) is 16. The first-order valence-electron chi connectivity index (χ1n) is 27.0. The number of allylic oxidation sites excluding steroid dienone is 5. The summed E-state index contributed by atoms with van der Waals surface area (Å²) >= 11 is 0. The quantitative estimate of drug-likeness (QED) is 0.0116. The van der Waals surface area contributed by atoms with E-state index in [4.69, 9.17) is 29.0 Å². The molecule has 1 aromatic heterocycles. The second kappa shape index (κ2) is 39.3. The maximum absolute atomic E-state index is 12.9. The summed E-state index contributed by atoms with van der Waals surface area (Å²) in [6, 6.07) is 1.24. The fourth-order valence-corrected chi connectivity index (χ4v) is 10.1.